The molecular formula is C15H23N2S3-. The first-order chi connectivity index (χ1) is 9.29. The first-order valence-corrected chi connectivity index (χ1v) is 9.98. The monoisotopic (exact) mass is 327 g/mol. The number of nitrogens with zero attached hydrogens (tertiary/aromatic N) is 1. The summed E-state index contributed by atoms with van der Waals surface area (Å²) in [5, 5.41) is 0. The molecule has 3 unspecified atom stereocenters. The van der Waals surface area contributed by atoms with Crippen LogP contribution in [-0.2, 0) is 36.9 Å². The van der Waals surface area contributed by atoms with Crippen molar-refractivity contribution >= 4 is 30.4 Å². The topological polar surface area (TPSA) is 29.3 Å². The highest BCUT2D eigenvalue weighted by Gasteiger charge is 2.48. The minimum atomic E-state index is -0.480. The Morgan fingerprint density at radius 1 is 1.25 bits per heavy atom. The highest BCUT2D eigenvalue weighted by atomic mass is 33.1. The molecular weight excluding hydrogens is 304 g/mol. The highest BCUT2D eigenvalue weighted by molar-refractivity contribution is 8.47. The van der Waals surface area contributed by atoms with Crippen molar-refractivity contribution in [3.05, 3.63) is 35.9 Å². The van der Waals surface area contributed by atoms with Gasteiger partial charge in [0.15, 0.2) is 0 Å². The van der Waals surface area contributed by atoms with Gasteiger partial charge in [-0.15, -0.1) is 0 Å². The molecule has 2 nitrogen and oxygen atoms in total. The molecule has 0 aliphatic carbocycles. The molecule has 0 aromatic heterocycles. The second kappa shape index (κ2) is 5.97. The van der Waals surface area contributed by atoms with Crippen LogP contribution in [0.5, 0.6) is 0 Å². The fraction of sp³-hybridized carbons (Fsp3) is 0.600. The molecule has 1 heterocycles. The maximum Gasteiger partial charge on any atom is 0.0233 e. The lowest BCUT2D eigenvalue weighted by Crippen LogP contribution is -2.53. The Kier molecular flexibility index (Phi) is 4.87. The van der Waals surface area contributed by atoms with Gasteiger partial charge in [0.25, 0.3) is 0 Å². The normalized spacial score (nSPS) is 32.6. The molecule has 1 aliphatic rings. The van der Waals surface area contributed by atoms with E-state index in [4.69, 9.17) is 28.1 Å². The Morgan fingerprint density at radius 3 is 2.30 bits per heavy atom. The lowest BCUT2D eigenvalue weighted by Gasteiger charge is -2.47. The third-order valence-electron chi connectivity index (χ3n) is 4.91. The van der Waals surface area contributed by atoms with Gasteiger partial charge in [-0.25, -0.2) is 0 Å². The van der Waals surface area contributed by atoms with Crippen molar-refractivity contribution in [2.24, 2.45) is 11.1 Å². The molecule has 0 saturated carbocycles. The number of rotatable bonds is 4. The van der Waals surface area contributed by atoms with Crippen molar-refractivity contribution in [1.29, 1.82) is 0 Å². The molecule has 2 N–H and O–H groups in total. The second-order valence-corrected chi connectivity index (χ2v) is 10.3. The van der Waals surface area contributed by atoms with Crippen molar-refractivity contribution < 1.29 is 0 Å². The van der Waals surface area contributed by atoms with Gasteiger partial charge in [0.1, 0.15) is 0 Å². The van der Waals surface area contributed by atoms with Crippen molar-refractivity contribution in [2.75, 3.05) is 13.1 Å². The molecule has 1 aromatic rings. The summed E-state index contributed by atoms with van der Waals surface area (Å²) >= 11 is 11.0. The van der Waals surface area contributed by atoms with E-state index in [1.54, 1.807) is 0 Å². The van der Waals surface area contributed by atoms with Crippen LogP contribution in [0.2, 0.25) is 0 Å². The lowest BCUT2D eigenvalue weighted by molar-refractivity contribution is 0.223. The van der Waals surface area contributed by atoms with E-state index in [-0.39, 0.29) is 16.2 Å². The largest absolute Gasteiger partial charge is 0.340 e. The number of likely N-dealkylation sites (tertiary alicyclic amines) is 1. The van der Waals surface area contributed by atoms with Gasteiger partial charge in [-0.1, -0.05) is 48.9 Å². The van der Waals surface area contributed by atoms with E-state index < -0.39 is 8.01 Å². The summed E-state index contributed by atoms with van der Waals surface area (Å²) in [6, 6.07) is 10.6. The Labute approximate surface area is 133 Å². The van der Waals surface area contributed by atoms with Gasteiger partial charge in [0.05, 0.1) is 0 Å². The van der Waals surface area contributed by atoms with Crippen LogP contribution in [0.15, 0.2) is 30.3 Å². The SMILES string of the molecule is CC(N)C1(C)CN(Cc2ccccc2)CC1(C)[S-](=S)=S. The van der Waals surface area contributed by atoms with Crippen molar-refractivity contribution in [3.63, 3.8) is 0 Å². The quantitative estimate of drug-likeness (QED) is 0.858. The zero-order chi connectivity index (χ0) is 15.0. The minimum Gasteiger partial charge on any atom is -0.340 e. The van der Waals surface area contributed by atoms with E-state index in [2.05, 4.69) is 49.9 Å². The molecule has 5 heteroatoms. The fourth-order valence-electron chi connectivity index (χ4n) is 3.12. The van der Waals surface area contributed by atoms with Gasteiger partial charge in [0, 0.05) is 19.1 Å². The molecule has 1 fully saturated rings. The van der Waals surface area contributed by atoms with Gasteiger partial charge in [0.2, 0.25) is 0 Å². The molecule has 0 radical (unpaired) electrons. The molecule has 112 valence electrons. The number of hydrogen-bond donors (Lipinski definition) is 1. The van der Waals surface area contributed by atoms with Crippen LogP contribution in [0, 0.1) is 5.41 Å². The first-order valence-electron chi connectivity index (χ1n) is 6.91. The van der Waals surface area contributed by atoms with E-state index in [1.807, 2.05) is 6.07 Å². The standard InChI is InChI=1S/C15H23N2S3/c1-12(16)14(2)10-17(11-15(14,3)20(18)19)9-13-7-5-4-6-8-13/h4-8,12H,9-11,16H2,1-3H3/q-1. The predicted molar refractivity (Wildman–Crippen MR) is 94.0 cm³/mol. The van der Waals surface area contributed by atoms with Gasteiger partial charge in [-0.05, 0) is 24.4 Å². The van der Waals surface area contributed by atoms with Crippen LogP contribution in [0.25, 0.3) is 0 Å². The average molecular weight is 328 g/mol. The zero-order valence-electron chi connectivity index (χ0n) is 12.3. The Balaban J connectivity index is 2.25. The fourth-order valence-corrected chi connectivity index (χ4v) is 5.49. The minimum absolute atomic E-state index is 0.0195. The molecule has 1 aromatic carbocycles. The summed E-state index contributed by atoms with van der Waals surface area (Å²) < 4.78 is -0.0688. The number of nitrogens with two attached hydrogens (primary N) is 1. The van der Waals surface area contributed by atoms with Crippen molar-refractivity contribution in [2.45, 2.75) is 38.1 Å². The third-order valence-corrected chi connectivity index (χ3v) is 8.45. The van der Waals surface area contributed by atoms with Crippen LogP contribution in [0.1, 0.15) is 26.3 Å². The molecule has 1 aliphatic heterocycles. The summed E-state index contributed by atoms with van der Waals surface area (Å²) in [5.41, 5.74) is 7.60. The average Bonchev–Trinajstić information content (AvgIpc) is 2.64. The molecule has 0 bridgehead atoms. The second-order valence-electron chi connectivity index (χ2n) is 6.30. The van der Waals surface area contributed by atoms with Crippen LogP contribution in [-0.4, -0.2) is 28.8 Å². The van der Waals surface area contributed by atoms with E-state index in [9.17, 15) is 0 Å². The Morgan fingerprint density at radius 2 is 1.85 bits per heavy atom. The Hall–Kier alpha value is -0.0700. The maximum atomic E-state index is 6.29. The lowest BCUT2D eigenvalue weighted by atomic mass is 9.75. The van der Waals surface area contributed by atoms with Crippen molar-refractivity contribution in [3.8, 4) is 0 Å². The molecule has 0 amide bonds. The van der Waals surface area contributed by atoms with E-state index >= 15 is 0 Å². The van der Waals surface area contributed by atoms with Crippen LogP contribution in [0.3, 0.4) is 0 Å². The summed E-state index contributed by atoms with van der Waals surface area (Å²) in [4.78, 5) is 2.46. The van der Waals surface area contributed by atoms with E-state index in [0.29, 0.717) is 0 Å². The summed E-state index contributed by atoms with van der Waals surface area (Å²) in [6.07, 6.45) is 0. The summed E-state index contributed by atoms with van der Waals surface area (Å²) in [7, 11) is -0.480. The smallest absolute Gasteiger partial charge is 0.0233 e. The van der Waals surface area contributed by atoms with Gasteiger partial charge < -0.3 is 13.7 Å². The molecule has 2 rings (SSSR count). The molecule has 20 heavy (non-hydrogen) atoms. The molecule has 3 atom stereocenters. The highest BCUT2D eigenvalue weighted by Crippen LogP contribution is 2.44. The van der Waals surface area contributed by atoms with Gasteiger partial charge in [-0.3, -0.25) is 27.3 Å². The molecule has 1 saturated heterocycles. The molecule has 0 spiro atoms. The van der Waals surface area contributed by atoms with E-state index in [0.717, 1.165) is 19.6 Å². The number of hydrogen-bond acceptors (Lipinski definition) is 5. The van der Waals surface area contributed by atoms with Crippen molar-refractivity contribution in [1.82, 2.24) is 4.90 Å². The number of benzene rings is 1. The Bertz CT molecular complexity index is 533. The van der Waals surface area contributed by atoms with Gasteiger partial charge >= 0.3 is 0 Å². The first kappa shape index (κ1) is 16.3. The zero-order valence-corrected chi connectivity index (χ0v) is 14.8. The summed E-state index contributed by atoms with van der Waals surface area (Å²) in [6.45, 7) is 9.41. The maximum absolute atomic E-state index is 6.29. The van der Waals surface area contributed by atoms with Gasteiger partial charge in [-0.2, -0.15) is 0 Å². The van der Waals surface area contributed by atoms with Crippen LogP contribution < -0.4 is 5.73 Å². The van der Waals surface area contributed by atoms with Crippen LogP contribution >= 0.6 is 0 Å². The third kappa shape index (κ3) is 2.79. The van der Waals surface area contributed by atoms with Crippen LogP contribution in [0.4, 0.5) is 0 Å². The van der Waals surface area contributed by atoms with E-state index in [1.165, 1.54) is 5.56 Å². The summed E-state index contributed by atoms with van der Waals surface area (Å²) in [5.74, 6) is 0. The predicted octanol–water partition coefficient (Wildman–Crippen LogP) is 2.16.